The number of halogens is 2. The number of likely N-dealkylation sites (tertiary alicyclic amines) is 2. The van der Waals surface area contributed by atoms with E-state index in [9.17, 15) is 18.7 Å². The molecule has 0 radical (unpaired) electrons. The van der Waals surface area contributed by atoms with E-state index in [1.807, 2.05) is 12.1 Å². The summed E-state index contributed by atoms with van der Waals surface area (Å²) in [7, 11) is 0. The van der Waals surface area contributed by atoms with Crippen LogP contribution in [0.15, 0.2) is 36.4 Å². The molecule has 2 aliphatic rings. The zero-order valence-electron chi connectivity index (χ0n) is 20.7. The molecule has 0 aromatic heterocycles. The normalized spacial score (nSPS) is 17.7. The van der Waals surface area contributed by atoms with Crippen molar-refractivity contribution in [2.45, 2.75) is 51.8 Å². The van der Waals surface area contributed by atoms with Crippen LogP contribution in [0.1, 0.15) is 55.5 Å². The number of nitrogens with zero attached hydrogens (tertiary/aromatic N) is 2. The fourth-order valence-corrected chi connectivity index (χ4v) is 5.03. The lowest BCUT2D eigenvalue weighted by Gasteiger charge is -2.34. The Morgan fingerprint density at radius 2 is 1.71 bits per heavy atom. The number of ether oxygens (including phenoxy) is 1. The summed E-state index contributed by atoms with van der Waals surface area (Å²) >= 11 is 0. The van der Waals surface area contributed by atoms with E-state index in [-0.39, 0.29) is 18.1 Å². The predicted octanol–water partition coefficient (Wildman–Crippen LogP) is 5.06. The Kier molecular flexibility index (Phi) is 8.07. The third-order valence-electron chi connectivity index (χ3n) is 6.94. The first-order chi connectivity index (χ1) is 16.7. The quantitative estimate of drug-likeness (QED) is 0.567. The molecule has 2 saturated heterocycles. The zero-order chi connectivity index (χ0) is 25.0. The van der Waals surface area contributed by atoms with Gasteiger partial charge in [0.25, 0.3) is 5.91 Å². The van der Waals surface area contributed by atoms with Gasteiger partial charge in [-0.15, -0.1) is 0 Å². The average Bonchev–Trinajstić information content (AvgIpc) is 3.37. The number of aliphatic hydroxyl groups excluding tert-OH is 1. The number of hydrogen-bond donors (Lipinski definition) is 1. The van der Waals surface area contributed by atoms with Crippen molar-refractivity contribution in [3.63, 3.8) is 0 Å². The predicted molar refractivity (Wildman–Crippen MR) is 133 cm³/mol. The molecule has 190 valence electrons. The Hall–Kier alpha value is -2.51. The number of rotatable bonds is 8. The Morgan fingerprint density at radius 1 is 1.06 bits per heavy atom. The van der Waals surface area contributed by atoms with Crippen molar-refractivity contribution in [3.8, 4) is 16.9 Å². The second-order valence-electron chi connectivity index (χ2n) is 10.4. The highest BCUT2D eigenvalue weighted by Crippen LogP contribution is 2.30. The Morgan fingerprint density at radius 3 is 2.34 bits per heavy atom. The molecule has 0 bridgehead atoms. The maximum absolute atomic E-state index is 14.8. The molecule has 2 aromatic carbocycles. The molecular formula is C28H36F2N2O3. The Balaban J connectivity index is 1.38. The van der Waals surface area contributed by atoms with Gasteiger partial charge < -0.3 is 19.6 Å². The lowest BCUT2D eigenvalue weighted by Crippen LogP contribution is -2.41. The molecule has 4 rings (SSSR count). The second-order valence-corrected chi connectivity index (χ2v) is 10.4. The number of carbonyl (C=O) groups excluding carboxylic acids is 1. The number of benzene rings is 2. The summed E-state index contributed by atoms with van der Waals surface area (Å²) in [5, 5.41) is 9.92. The molecule has 2 heterocycles. The van der Waals surface area contributed by atoms with Gasteiger partial charge in [0.05, 0.1) is 18.8 Å². The molecule has 0 atom stereocenters. The van der Waals surface area contributed by atoms with Gasteiger partial charge in [0.2, 0.25) is 0 Å². The summed E-state index contributed by atoms with van der Waals surface area (Å²) in [5.74, 6) is 0.207. The van der Waals surface area contributed by atoms with E-state index in [2.05, 4.69) is 4.90 Å². The van der Waals surface area contributed by atoms with Gasteiger partial charge in [-0.2, -0.15) is 0 Å². The largest absolute Gasteiger partial charge is 0.493 e. The summed E-state index contributed by atoms with van der Waals surface area (Å²) in [6, 6.07) is 10.1. The van der Waals surface area contributed by atoms with Gasteiger partial charge in [0.15, 0.2) is 0 Å². The van der Waals surface area contributed by atoms with E-state index in [1.54, 1.807) is 36.9 Å². The van der Waals surface area contributed by atoms with Crippen LogP contribution in [0.2, 0.25) is 0 Å². The number of aliphatic hydroxyl groups is 1. The van der Waals surface area contributed by atoms with Crippen molar-refractivity contribution < 1.29 is 23.4 Å². The maximum atomic E-state index is 14.8. The molecular weight excluding hydrogens is 450 g/mol. The van der Waals surface area contributed by atoms with Gasteiger partial charge in [-0.1, -0.05) is 12.1 Å². The van der Waals surface area contributed by atoms with Crippen LogP contribution in [0.25, 0.3) is 11.1 Å². The number of hydrogen-bond acceptors (Lipinski definition) is 4. The Bertz CT molecular complexity index is 1020. The minimum atomic E-state index is -1.19. The molecule has 0 saturated carbocycles. The van der Waals surface area contributed by atoms with Crippen LogP contribution >= 0.6 is 0 Å². The SMILES string of the molecule is CC(C)(F)CN1CCC(COc2ccc(-c3ccc(C(=O)N4CCCC4)c(F)c3)cc2CO)CC1. The number of alkyl halides is 1. The second kappa shape index (κ2) is 11.0. The van der Waals surface area contributed by atoms with Crippen molar-refractivity contribution in [2.75, 3.05) is 39.3 Å². The number of piperidine rings is 1. The molecule has 5 nitrogen and oxygen atoms in total. The minimum absolute atomic E-state index is 0.0964. The molecule has 2 aromatic rings. The van der Waals surface area contributed by atoms with Gasteiger partial charge >= 0.3 is 0 Å². The van der Waals surface area contributed by atoms with Gasteiger partial charge in [0.1, 0.15) is 17.2 Å². The minimum Gasteiger partial charge on any atom is -0.493 e. The average molecular weight is 487 g/mol. The third kappa shape index (κ3) is 6.58. The third-order valence-corrected chi connectivity index (χ3v) is 6.94. The lowest BCUT2D eigenvalue weighted by molar-refractivity contribution is 0.0788. The van der Waals surface area contributed by atoms with Gasteiger partial charge in [-0.3, -0.25) is 4.79 Å². The van der Waals surface area contributed by atoms with Crippen molar-refractivity contribution in [2.24, 2.45) is 5.92 Å². The van der Waals surface area contributed by atoms with E-state index >= 15 is 0 Å². The lowest BCUT2D eigenvalue weighted by atomic mass is 9.96. The molecule has 1 amide bonds. The molecule has 0 unspecified atom stereocenters. The van der Waals surface area contributed by atoms with Crippen LogP contribution in [-0.2, 0) is 6.61 Å². The fourth-order valence-electron chi connectivity index (χ4n) is 5.03. The highest BCUT2D eigenvalue weighted by molar-refractivity contribution is 5.95. The fraction of sp³-hybridized carbons (Fsp3) is 0.536. The van der Waals surface area contributed by atoms with Crippen molar-refractivity contribution in [3.05, 3.63) is 53.3 Å². The van der Waals surface area contributed by atoms with E-state index in [4.69, 9.17) is 4.74 Å². The molecule has 2 aliphatic heterocycles. The van der Waals surface area contributed by atoms with Crippen molar-refractivity contribution >= 4 is 5.91 Å². The molecule has 2 fully saturated rings. The van der Waals surface area contributed by atoms with Crippen LogP contribution in [0, 0.1) is 11.7 Å². The standard InChI is InChI=1S/C28H36F2N2O3/c1-28(2,30)19-31-13-9-20(10-14-31)18-35-26-8-6-21(15-23(26)17-33)22-5-7-24(25(29)16-22)27(34)32-11-3-4-12-32/h5-8,15-16,20,33H,3-4,9-14,17-19H2,1-2H3. The van der Waals surface area contributed by atoms with Crippen molar-refractivity contribution in [1.29, 1.82) is 0 Å². The van der Waals surface area contributed by atoms with Crippen LogP contribution in [0.5, 0.6) is 5.75 Å². The van der Waals surface area contributed by atoms with E-state index < -0.39 is 11.5 Å². The van der Waals surface area contributed by atoms with Crippen LogP contribution in [-0.4, -0.2) is 65.8 Å². The molecule has 0 spiro atoms. The summed E-state index contributed by atoms with van der Waals surface area (Å²) in [5.41, 5.74) is 0.941. The summed E-state index contributed by atoms with van der Waals surface area (Å²) in [4.78, 5) is 16.4. The topological polar surface area (TPSA) is 53.0 Å². The first kappa shape index (κ1) is 25.6. The zero-order valence-corrected chi connectivity index (χ0v) is 20.7. The first-order valence-corrected chi connectivity index (χ1v) is 12.6. The highest BCUT2D eigenvalue weighted by Gasteiger charge is 2.26. The summed E-state index contributed by atoms with van der Waals surface area (Å²) in [6.45, 7) is 7.09. The van der Waals surface area contributed by atoms with E-state index in [1.165, 1.54) is 6.07 Å². The van der Waals surface area contributed by atoms with Crippen molar-refractivity contribution in [1.82, 2.24) is 9.80 Å². The Labute approximate surface area is 206 Å². The van der Waals surface area contributed by atoms with E-state index in [0.717, 1.165) is 44.3 Å². The van der Waals surface area contributed by atoms with Gasteiger partial charge in [-0.25, -0.2) is 8.78 Å². The molecule has 35 heavy (non-hydrogen) atoms. The van der Waals surface area contributed by atoms with Gasteiger partial charge in [0, 0.05) is 25.2 Å². The monoisotopic (exact) mass is 486 g/mol. The molecule has 0 aliphatic carbocycles. The van der Waals surface area contributed by atoms with Crippen LogP contribution < -0.4 is 4.74 Å². The molecule has 1 N–H and O–H groups in total. The maximum Gasteiger partial charge on any atom is 0.256 e. The number of carbonyl (C=O) groups is 1. The van der Waals surface area contributed by atoms with Crippen LogP contribution in [0.4, 0.5) is 8.78 Å². The van der Waals surface area contributed by atoms with E-state index in [0.29, 0.717) is 49.0 Å². The smallest absolute Gasteiger partial charge is 0.256 e. The van der Waals surface area contributed by atoms with Gasteiger partial charge in [-0.05, 0) is 93.9 Å². The first-order valence-electron chi connectivity index (χ1n) is 12.6. The highest BCUT2D eigenvalue weighted by atomic mass is 19.1. The summed E-state index contributed by atoms with van der Waals surface area (Å²) < 4.78 is 34.7. The van der Waals surface area contributed by atoms with Crippen LogP contribution in [0.3, 0.4) is 0 Å². The molecule has 7 heteroatoms. The summed E-state index contributed by atoms with van der Waals surface area (Å²) in [6.07, 6.45) is 3.82. The number of amides is 1.